The largest absolute Gasteiger partial charge is 0.496 e. The van der Waals surface area contributed by atoms with Crippen LogP contribution in [0.2, 0.25) is 0 Å². The van der Waals surface area contributed by atoms with Crippen LogP contribution in [0.1, 0.15) is 5.69 Å². The van der Waals surface area contributed by atoms with Gasteiger partial charge in [-0.05, 0) is 25.1 Å². The van der Waals surface area contributed by atoms with Crippen molar-refractivity contribution in [3.05, 3.63) is 48.3 Å². The SMILES string of the molecule is CNc1cc(C)nc(Nc2ccc(OC)c(-c3cc4nc[nH]c4cn3)c2F)n1. The minimum atomic E-state index is -0.516. The summed E-state index contributed by atoms with van der Waals surface area (Å²) >= 11 is 0. The van der Waals surface area contributed by atoms with Crippen LogP contribution >= 0.6 is 0 Å². The second-order valence-corrected chi connectivity index (χ2v) is 6.09. The molecule has 0 radical (unpaired) electrons. The summed E-state index contributed by atoms with van der Waals surface area (Å²) in [6, 6.07) is 6.75. The third-order valence-electron chi connectivity index (χ3n) is 4.24. The lowest BCUT2D eigenvalue weighted by Gasteiger charge is -2.14. The van der Waals surface area contributed by atoms with Gasteiger partial charge in [0.1, 0.15) is 11.6 Å². The molecule has 9 heteroatoms. The number of aromatic amines is 1. The first-order valence-corrected chi connectivity index (χ1v) is 8.55. The molecule has 8 nitrogen and oxygen atoms in total. The van der Waals surface area contributed by atoms with Gasteiger partial charge in [0, 0.05) is 18.8 Å². The van der Waals surface area contributed by atoms with Crippen LogP contribution in [-0.4, -0.2) is 39.1 Å². The number of benzene rings is 1. The molecule has 0 bridgehead atoms. The molecule has 4 rings (SSSR count). The van der Waals surface area contributed by atoms with Crippen molar-refractivity contribution in [3.8, 4) is 17.0 Å². The van der Waals surface area contributed by atoms with Crippen molar-refractivity contribution in [1.29, 1.82) is 0 Å². The fourth-order valence-electron chi connectivity index (χ4n) is 2.91. The van der Waals surface area contributed by atoms with Gasteiger partial charge in [0.25, 0.3) is 0 Å². The third-order valence-corrected chi connectivity index (χ3v) is 4.24. The zero-order valence-corrected chi connectivity index (χ0v) is 15.5. The highest BCUT2D eigenvalue weighted by molar-refractivity contribution is 5.82. The number of hydrogen-bond donors (Lipinski definition) is 3. The number of ether oxygens (including phenoxy) is 1. The standard InChI is InChI=1S/C19H18FN7O/c1-10-6-16(21-2)27-19(25-10)26-11-4-5-15(28-3)17(18(11)20)13-7-12-14(8-22-13)24-9-23-12/h4-9H,1-3H3,(H,23,24)(H2,21,25,26,27). The van der Waals surface area contributed by atoms with Crippen LogP contribution in [0.3, 0.4) is 0 Å². The van der Waals surface area contributed by atoms with Crippen molar-refractivity contribution in [1.82, 2.24) is 24.9 Å². The van der Waals surface area contributed by atoms with Gasteiger partial charge in [-0.15, -0.1) is 0 Å². The fraction of sp³-hybridized carbons (Fsp3) is 0.158. The number of anilines is 3. The normalized spacial score (nSPS) is 10.9. The monoisotopic (exact) mass is 379 g/mol. The highest BCUT2D eigenvalue weighted by Gasteiger charge is 2.19. The number of pyridine rings is 1. The predicted molar refractivity (Wildman–Crippen MR) is 105 cm³/mol. The highest BCUT2D eigenvalue weighted by Crippen LogP contribution is 2.36. The Kier molecular flexibility index (Phi) is 4.48. The van der Waals surface area contributed by atoms with Crippen LogP contribution < -0.4 is 15.4 Å². The van der Waals surface area contributed by atoms with E-state index in [1.165, 1.54) is 7.11 Å². The lowest BCUT2D eigenvalue weighted by atomic mass is 10.1. The van der Waals surface area contributed by atoms with Gasteiger partial charge in [0.15, 0.2) is 5.82 Å². The molecule has 0 atom stereocenters. The van der Waals surface area contributed by atoms with E-state index in [2.05, 4.69) is 35.6 Å². The van der Waals surface area contributed by atoms with Crippen LogP contribution in [0.5, 0.6) is 5.75 Å². The van der Waals surface area contributed by atoms with Gasteiger partial charge in [-0.1, -0.05) is 0 Å². The van der Waals surface area contributed by atoms with Gasteiger partial charge < -0.3 is 20.4 Å². The molecule has 0 aliphatic carbocycles. The van der Waals surface area contributed by atoms with Crippen molar-refractivity contribution in [2.45, 2.75) is 6.92 Å². The Morgan fingerprint density at radius 3 is 2.79 bits per heavy atom. The Morgan fingerprint density at radius 1 is 1.14 bits per heavy atom. The molecule has 0 fully saturated rings. The molecule has 0 saturated heterocycles. The summed E-state index contributed by atoms with van der Waals surface area (Å²) in [7, 11) is 3.25. The lowest BCUT2D eigenvalue weighted by molar-refractivity contribution is 0.413. The van der Waals surface area contributed by atoms with Crippen molar-refractivity contribution in [2.75, 3.05) is 24.8 Å². The number of nitrogens with one attached hydrogen (secondary N) is 3. The van der Waals surface area contributed by atoms with E-state index in [0.29, 0.717) is 22.8 Å². The Morgan fingerprint density at radius 2 is 2.00 bits per heavy atom. The zero-order chi connectivity index (χ0) is 19.7. The van der Waals surface area contributed by atoms with Crippen LogP contribution in [-0.2, 0) is 0 Å². The fourth-order valence-corrected chi connectivity index (χ4v) is 2.91. The van der Waals surface area contributed by atoms with Crippen LogP contribution in [0.15, 0.2) is 36.8 Å². The Hall–Kier alpha value is -3.75. The third kappa shape index (κ3) is 3.18. The molecule has 0 aliphatic rings. The summed E-state index contributed by atoms with van der Waals surface area (Å²) in [5.41, 5.74) is 3.07. The maximum Gasteiger partial charge on any atom is 0.229 e. The van der Waals surface area contributed by atoms with E-state index in [9.17, 15) is 0 Å². The minimum Gasteiger partial charge on any atom is -0.496 e. The summed E-state index contributed by atoms with van der Waals surface area (Å²) < 4.78 is 20.8. The summed E-state index contributed by atoms with van der Waals surface area (Å²) in [6.07, 6.45) is 3.18. The smallest absolute Gasteiger partial charge is 0.229 e. The summed E-state index contributed by atoms with van der Waals surface area (Å²) in [4.78, 5) is 20.1. The average Bonchev–Trinajstić information content (AvgIpc) is 3.16. The van der Waals surface area contributed by atoms with Crippen molar-refractivity contribution in [3.63, 3.8) is 0 Å². The molecule has 0 aliphatic heterocycles. The van der Waals surface area contributed by atoms with E-state index in [1.807, 2.05) is 6.92 Å². The van der Waals surface area contributed by atoms with E-state index in [1.54, 1.807) is 43.8 Å². The van der Waals surface area contributed by atoms with Crippen molar-refractivity contribution >= 4 is 28.5 Å². The molecule has 4 aromatic rings. The van der Waals surface area contributed by atoms with Gasteiger partial charge >= 0.3 is 0 Å². The van der Waals surface area contributed by atoms with Gasteiger partial charge in [-0.25, -0.2) is 14.4 Å². The highest BCUT2D eigenvalue weighted by atomic mass is 19.1. The molecule has 0 saturated carbocycles. The van der Waals surface area contributed by atoms with Gasteiger partial charge in [-0.2, -0.15) is 4.98 Å². The molecule has 1 aromatic carbocycles. The second kappa shape index (κ2) is 7.10. The number of hydrogen-bond acceptors (Lipinski definition) is 7. The Balaban J connectivity index is 1.80. The number of halogens is 1. The summed E-state index contributed by atoms with van der Waals surface area (Å²) in [6.45, 7) is 1.84. The lowest BCUT2D eigenvalue weighted by Crippen LogP contribution is -2.04. The molecule has 3 N–H and O–H groups in total. The molecule has 142 valence electrons. The van der Waals surface area contributed by atoms with Crippen molar-refractivity contribution < 1.29 is 9.13 Å². The number of aryl methyl sites for hydroxylation is 1. The molecule has 3 heterocycles. The quantitative estimate of drug-likeness (QED) is 0.486. The zero-order valence-electron chi connectivity index (χ0n) is 15.5. The number of fused-ring (bicyclic) bond motifs is 1. The maximum absolute atomic E-state index is 15.4. The summed E-state index contributed by atoms with van der Waals surface area (Å²) in [5, 5.41) is 5.89. The maximum atomic E-state index is 15.4. The first-order valence-electron chi connectivity index (χ1n) is 8.55. The van der Waals surface area contributed by atoms with Crippen LogP contribution in [0.4, 0.5) is 21.8 Å². The Labute approximate surface area is 160 Å². The molecule has 3 aromatic heterocycles. The molecular formula is C19H18FN7O. The van der Waals surface area contributed by atoms with Gasteiger partial charge in [-0.3, -0.25) is 4.98 Å². The number of rotatable bonds is 5. The topological polar surface area (TPSA) is 101 Å². The van der Waals surface area contributed by atoms with E-state index in [0.717, 1.165) is 11.2 Å². The van der Waals surface area contributed by atoms with Gasteiger partial charge in [0.2, 0.25) is 5.95 Å². The van der Waals surface area contributed by atoms with E-state index in [-0.39, 0.29) is 17.2 Å². The number of methoxy groups -OCH3 is 1. The molecule has 0 amide bonds. The van der Waals surface area contributed by atoms with Crippen LogP contribution in [0.25, 0.3) is 22.3 Å². The minimum absolute atomic E-state index is 0.215. The van der Waals surface area contributed by atoms with E-state index >= 15 is 4.39 Å². The second-order valence-electron chi connectivity index (χ2n) is 6.09. The molecular weight excluding hydrogens is 361 g/mol. The predicted octanol–water partition coefficient (Wildman–Crippen LogP) is 3.66. The van der Waals surface area contributed by atoms with Crippen LogP contribution in [0, 0.1) is 12.7 Å². The van der Waals surface area contributed by atoms with E-state index < -0.39 is 5.82 Å². The van der Waals surface area contributed by atoms with E-state index in [4.69, 9.17) is 4.74 Å². The Bertz CT molecular complexity index is 1160. The number of imidazole rings is 1. The first-order chi connectivity index (χ1) is 13.6. The average molecular weight is 379 g/mol. The number of H-pyrrole nitrogens is 1. The first kappa shape index (κ1) is 17.7. The number of nitrogens with zero attached hydrogens (tertiary/aromatic N) is 4. The summed E-state index contributed by atoms with van der Waals surface area (Å²) in [5.74, 6) is 0.772. The van der Waals surface area contributed by atoms with Gasteiger partial charge in [0.05, 0.1) is 47.6 Å². The number of aromatic nitrogens is 5. The molecule has 28 heavy (non-hydrogen) atoms. The molecule has 0 spiro atoms. The molecule has 0 unspecified atom stereocenters. The van der Waals surface area contributed by atoms with Crippen molar-refractivity contribution in [2.24, 2.45) is 0 Å².